The van der Waals surface area contributed by atoms with Gasteiger partial charge in [-0.15, -0.1) is 0 Å². The number of ether oxygens (including phenoxy) is 1. The second kappa shape index (κ2) is 8.97. The Labute approximate surface area is 75.9 Å². The van der Waals surface area contributed by atoms with Gasteiger partial charge in [-0.3, -0.25) is 0 Å². The van der Waals surface area contributed by atoms with Gasteiger partial charge in [-0.2, -0.15) is 0 Å². The number of likely N-dealkylation sites (N-methyl/N-ethyl adjacent to an activating group) is 1. The predicted octanol–water partition coefficient (Wildman–Crippen LogP) is 0.610. The molecule has 0 bridgehead atoms. The van der Waals surface area contributed by atoms with Crippen LogP contribution >= 0.6 is 0 Å². The van der Waals surface area contributed by atoms with Crippen LogP contribution in [0.5, 0.6) is 0 Å². The van der Waals surface area contributed by atoms with Gasteiger partial charge in [0.1, 0.15) is 0 Å². The lowest BCUT2D eigenvalue weighted by Gasteiger charge is -2.09. The van der Waals surface area contributed by atoms with Crippen molar-refractivity contribution in [2.45, 2.75) is 25.8 Å². The molecule has 0 aliphatic heterocycles. The van der Waals surface area contributed by atoms with E-state index >= 15 is 0 Å². The molecule has 1 atom stereocenters. The summed E-state index contributed by atoms with van der Waals surface area (Å²) < 4.78 is 5.38. The Morgan fingerprint density at radius 2 is 2.00 bits per heavy atom. The van der Waals surface area contributed by atoms with Crippen LogP contribution < -0.4 is 10.6 Å². The van der Waals surface area contributed by atoms with Crippen LogP contribution in [0.25, 0.3) is 0 Å². The summed E-state index contributed by atoms with van der Waals surface area (Å²) in [6.07, 6.45) is 2.34. The summed E-state index contributed by atoms with van der Waals surface area (Å²) in [5, 5.41) is 6.24. The van der Waals surface area contributed by atoms with Crippen LogP contribution in [0, 0.1) is 0 Å². The number of hydrogen-bond donors (Lipinski definition) is 2. The zero-order valence-electron chi connectivity index (χ0n) is 8.52. The molecule has 0 saturated carbocycles. The van der Waals surface area contributed by atoms with Gasteiger partial charge >= 0.3 is 0 Å². The second-order valence-electron chi connectivity index (χ2n) is 3.05. The highest BCUT2D eigenvalue weighted by Gasteiger charge is 1.96. The molecule has 0 aromatic carbocycles. The normalized spacial score (nSPS) is 13.2. The predicted molar refractivity (Wildman–Crippen MR) is 52.5 cm³/mol. The first-order valence-electron chi connectivity index (χ1n) is 4.71. The summed E-state index contributed by atoms with van der Waals surface area (Å²) in [6.45, 7) is 4.84. The molecule has 0 aliphatic carbocycles. The number of nitrogens with one attached hydrogen (secondary N) is 2. The molecule has 12 heavy (non-hydrogen) atoms. The van der Waals surface area contributed by atoms with Crippen molar-refractivity contribution >= 4 is 0 Å². The van der Waals surface area contributed by atoms with E-state index < -0.39 is 0 Å². The summed E-state index contributed by atoms with van der Waals surface area (Å²) in [5.74, 6) is 0. The Hall–Kier alpha value is -0.120. The fraction of sp³-hybridized carbons (Fsp3) is 1.00. The van der Waals surface area contributed by atoms with Crippen molar-refractivity contribution in [1.29, 1.82) is 0 Å². The van der Waals surface area contributed by atoms with Crippen molar-refractivity contribution in [3.8, 4) is 0 Å². The van der Waals surface area contributed by atoms with Crippen LogP contribution in [0.2, 0.25) is 0 Å². The Kier molecular flexibility index (Phi) is 8.88. The number of hydrogen-bond acceptors (Lipinski definition) is 3. The van der Waals surface area contributed by atoms with Crippen molar-refractivity contribution in [2.75, 3.05) is 33.9 Å². The highest BCUT2D eigenvalue weighted by Crippen LogP contribution is 1.95. The lowest BCUT2D eigenvalue weighted by Crippen LogP contribution is -2.21. The Morgan fingerprint density at radius 1 is 1.25 bits per heavy atom. The SMILES string of the molecule is CNCCOCCC[C@@H](C)NC. The van der Waals surface area contributed by atoms with Gasteiger partial charge in [-0.1, -0.05) is 0 Å². The van der Waals surface area contributed by atoms with E-state index in [1.807, 2.05) is 14.1 Å². The van der Waals surface area contributed by atoms with Crippen molar-refractivity contribution in [1.82, 2.24) is 10.6 Å². The maximum absolute atomic E-state index is 5.38. The molecule has 0 unspecified atom stereocenters. The second-order valence-corrected chi connectivity index (χ2v) is 3.05. The van der Waals surface area contributed by atoms with E-state index in [9.17, 15) is 0 Å². The molecule has 0 heterocycles. The highest BCUT2D eigenvalue weighted by molar-refractivity contribution is 4.55. The summed E-state index contributed by atoms with van der Waals surface area (Å²) in [7, 11) is 3.93. The Bertz CT molecular complexity index is 88.6. The minimum absolute atomic E-state index is 0.609. The van der Waals surface area contributed by atoms with Crippen molar-refractivity contribution in [3.63, 3.8) is 0 Å². The van der Waals surface area contributed by atoms with Gasteiger partial charge in [0.15, 0.2) is 0 Å². The van der Waals surface area contributed by atoms with Gasteiger partial charge in [-0.25, -0.2) is 0 Å². The third-order valence-corrected chi connectivity index (χ3v) is 1.92. The molecular weight excluding hydrogens is 152 g/mol. The molecule has 0 aromatic rings. The third kappa shape index (κ3) is 7.98. The summed E-state index contributed by atoms with van der Waals surface area (Å²) in [5.41, 5.74) is 0. The van der Waals surface area contributed by atoms with Crippen LogP contribution in [0.15, 0.2) is 0 Å². The molecule has 74 valence electrons. The molecule has 0 saturated heterocycles. The fourth-order valence-corrected chi connectivity index (χ4v) is 0.912. The molecule has 0 radical (unpaired) electrons. The Morgan fingerprint density at radius 3 is 2.58 bits per heavy atom. The first kappa shape index (κ1) is 11.9. The fourth-order valence-electron chi connectivity index (χ4n) is 0.912. The van der Waals surface area contributed by atoms with Crippen LogP contribution in [0.3, 0.4) is 0 Å². The molecule has 0 aliphatic rings. The zero-order chi connectivity index (χ0) is 9.23. The van der Waals surface area contributed by atoms with Crippen LogP contribution in [-0.4, -0.2) is 39.9 Å². The van der Waals surface area contributed by atoms with E-state index in [1.165, 1.54) is 6.42 Å². The smallest absolute Gasteiger partial charge is 0.0590 e. The van der Waals surface area contributed by atoms with E-state index in [2.05, 4.69) is 17.6 Å². The molecule has 0 fully saturated rings. The van der Waals surface area contributed by atoms with Gasteiger partial charge in [0.2, 0.25) is 0 Å². The van der Waals surface area contributed by atoms with E-state index in [-0.39, 0.29) is 0 Å². The minimum Gasteiger partial charge on any atom is -0.380 e. The topological polar surface area (TPSA) is 33.3 Å². The number of rotatable bonds is 8. The maximum atomic E-state index is 5.38. The van der Waals surface area contributed by atoms with Crippen molar-refractivity contribution in [3.05, 3.63) is 0 Å². The van der Waals surface area contributed by atoms with Crippen LogP contribution in [-0.2, 0) is 4.74 Å². The molecule has 0 rings (SSSR count). The van der Waals surface area contributed by atoms with Crippen LogP contribution in [0.1, 0.15) is 19.8 Å². The van der Waals surface area contributed by atoms with Gasteiger partial charge in [0, 0.05) is 19.2 Å². The summed E-state index contributed by atoms with van der Waals surface area (Å²) >= 11 is 0. The van der Waals surface area contributed by atoms with E-state index in [1.54, 1.807) is 0 Å². The summed E-state index contributed by atoms with van der Waals surface area (Å²) in [4.78, 5) is 0. The molecule has 3 nitrogen and oxygen atoms in total. The van der Waals surface area contributed by atoms with Gasteiger partial charge in [-0.05, 0) is 33.9 Å². The maximum Gasteiger partial charge on any atom is 0.0590 e. The molecule has 0 spiro atoms. The lowest BCUT2D eigenvalue weighted by molar-refractivity contribution is 0.131. The lowest BCUT2D eigenvalue weighted by atomic mass is 10.2. The third-order valence-electron chi connectivity index (χ3n) is 1.92. The standard InChI is InChI=1S/C9H22N2O/c1-9(11-3)5-4-7-12-8-6-10-2/h9-11H,4-8H2,1-3H3/t9-/m1/s1. The molecule has 0 aromatic heterocycles. The minimum atomic E-state index is 0.609. The van der Waals surface area contributed by atoms with Gasteiger partial charge < -0.3 is 15.4 Å². The van der Waals surface area contributed by atoms with Gasteiger partial charge in [0.25, 0.3) is 0 Å². The molecule has 0 amide bonds. The van der Waals surface area contributed by atoms with E-state index in [0.717, 1.165) is 26.2 Å². The zero-order valence-corrected chi connectivity index (χ0v) is 8.52. The summed E-state index contributed by atoms with van der Waals surface area (Å²) in [6, 6.07) is 0.609. The van der Waals surface area contributed by atoms with Crippen molar-refractivity contribution in [2.24, 2.45) is 0 Å². The molecule has 3 heteroatoms. The first-order valence-corrected chi connectivity index (χ1v) is 4.71. The average Bonchev–Trinajstić information content (AvgIpc) is 2.10. The van der Waals surface area contributed by atoms with Gasteiger partial charge in [0.05, 0.1) is 6.61 Å². The quantitative estimate of drug-likeness (QED) is 0.529. The average molecular weight is 174 g/mol. The first-order chi connectivity index (χ1) is 5.81. The highest BCUT2D eigenvalue weighted by atomic mass is 16.5. The monoisotopic (exact) mass is 174 g/mol. The largest absolute Gasteiger partial charge is 0.380 e. The molecular formula is C9H22N2O. The van der Waals surface area contributed by atoms with E-state index in [4.69, 9.17) is 4.74 Å². The Balaban J connectivity index is 2.90. The van der Waals surface area contributed by atoms with Crippen LogP contribution in [0.4, 0.5) is 0 Å². The molecule has 2 N–H and O–H groups in total. The van der Waals surface area contributed by atoms with Crippen molar-refractivity contribution < 1.29 is 4.74 Å². The van der Waals surface area contributed by atoms with E-state index in [0.29, 0.717) is 6.04 Å².